The van der Waals surface area contributed by atoms with E-state index >= 15 is 0 Å². The van der Waals surface area contributed by atoms with E-state index in [1.165, 1.54) is 0 Å². The third-order valence-electron chi connectivity index (χ3n) is 2.28. The lowest BCUT2D eigenvalue weighted by atomic mass is 10.2. The number of hydrogen-bond acceptors (Lipinski definition) is 1. The highest BCUT2D eigenvalue weighted by molar-refractivity contribution is 9.10. The van der Waals surface area contributed by atoms with E-state index in [-0.39, 0.29) is 0 Å². The highest BCUT2D eigenvalue weighted by Gasteiger charge is 2.04. The van der Waals surface area contributed by atoms with Gasteiger partial charge in [-0.15, -0.1) is 0 Å². The Morgan fingerprint density at radius 2 is 1.94 bits per heavy atom. The molecule has 0 saturated carbocycles. The summed E-state index contributed by atoms with van der Waals surface area (Å²) < 4.78 is 2.89. The summed E-state index contributed by atoms with van der Waals surface area (Å²) >= 11 is 3.37. The predicted molar refractivity (Wildman–Crippen MR) is 64.6 cm³/mol. The standard InChI is InChI=1S/C12H10BrNO2/c13-11-3-1-9(2-4-11)7-14-6-5-10(8-14)12(15)16/h1-6,8H,7H2,(H,15,16). The minimum atomic E-state index is -0.894. The highest BCUT2D eigenvalue weighted by Crippen LogP contribution is 2.12. The van der Waals surface area contributed by atoms with Crippen molar-refractivity contribution in [1.82, 2.24) is 4.57 Å². The number of carbonyl (C=O) groups is 1. The smallest absolute Gasteiger partial charge is 0.337 e. The van der Waals surface area contributed by atoms with Crippen LogP contribution < -0.4 is 0 Å². The quantitative estimate of drug-likeness (QED) is 0.939. The van der Waals surface area contributed by atoms with Crippen molar-refractivity contribution in [2.45, 2.75) is 6.54 Å². The summed E-state index contributed by atoms with van der Waals surface area (Å²) in [7, 11) is 0. The van der Waals surface area contributed by atoms with Crippen molar-refractivity contribution >= 4 is 21.9 Å². The Hall–Kier alpha value is -1.55. The van der Waals surface area contributed by atoms with Crippen LogP contribution in [0.5, 0.6) is 0 Å². The number of aromatic carboxylic acids is 1. The van der Waals surface area contributed by atoms with Gasteiger partial charge >= 0.3 is 5.97 Å². The molecule has 2 rings (SSSR count). The van der Waals surface area contributed by atoms with Crippen LogP contribution in [0.3, 0.4) is 0 Å². The van der Waals surface area contributed by atoms with Crippen LogP contribution in [0.2, 0.25) is 0 Å². The highest BCUT2D eigenvalue weighted by atomic mass is 79.9. The number of nitrogens with zero attached hydrogens (tertiary/aromatic N) is 1. The average Bonchev–Trinajstić information content (AvgIpc) is 2.70. The molecule has 4 heteroatoms. The van der Waals surface area contributed by atoms with Crippen molar-refractivity contribution in [3.63, 3.8) is 0 Å². The van der Waals surface area contributed by atoms with Crippen LogP contribution in [0, 0.1) is 0 Å². The van der Waals surface area contributed by atoms with E-state index in [4.69, 9.17) is 5.11 Å². The maximum absolute atomic E-state index is 10.7. The summed E-state index contributed by atoms with van der Waals surface area (Å²) in [5.74, 6) is -0.894. The Bertz CT molecular complexity index is 502. The molecule has 0 aliphatic rings. The Morgan fingerprint density at radius 1 is 1.25 bits per heavy atom. The Balaban J connectivity index is 2.14. The second-order valence-electron chi connectivity index (χ2n) is 3.50. The lowest BCUT2D eigenvalue weighted by molar-refractivity contribution is 0.0697. The average molecular weight is 280 g/mol. The molecule has 0 spiro atoms. The maximum atomic E-state index is 10.7. The van der Waals surface area contributed by atoms with Crippen LogP contribution in [-0.2, 0) is 6.54 Å². The van der Waals surface area contributed by atoms with Gasteiger partial charge in [0.2, 0.25) is 0 Å². The minimum absolute atomic E-state index is 0.317. The monoisotopic (exact) mass is 279 g/mol. The molecule has 0 aliphatic carbocycles. The van der Waals surface area contributed by atoms with Gasteiger partial charge in [0.15, 0.2) is 0 Å². The third-order valence-corrected chi connectivity index (χ3v) is 2.80. The molecular weight excluding hydrogens is 270 g/mol. The van der Waals surface area contributed by atoms with Gasteiger partial charge in [-0.3, -0.25) is 0 Å². The van der Waals surface area contributed by atoms with E-state index in [9.17, 15) is 4.79 Å². The number of aromatic nitrogens is 1. The molecule has 1 heterocycles. The summed E-state index contributed by atoms with van der Waals surface area (Å²) in [6, 6.07) is 9.55. The molecule has 0 radical (unpaired) electrons. The van der Waals surface area contributed by atoms with Crippen LogP contribution in [0.15, 0.2) is 47.2 Å². The number of rotatable bonds is 3. The van der Waals surface area contributed by atoms with Gasteiger partial charge in [0, 0.05) is 23.4 Å². The Morgan fingerprint density at radius 3 is 2.50 bits per heavy atom. The molecule has 0 unspecified atom stereocenters. The fourth-order valence-corrected chi connectivity index (χ4v) is 1.73. The molecule has 2 aromatic rings. The summed E-state index contributed by atoms with van der Waals surface area (Å²) in [5, 5.41) is 8.78. The first kappa shape index (κ1) is 11.0. The zero-order chi connectivity index (χ0) is 11.5. The van der Waals surface area contributed by atoms with E-state index in [0.717, 1.165) is 10.0 Å². The number of benzene rings is 1. The molecule has 82 valence electrons. The lowest BCUT2D eigenvalue weighted by Crippen LogP contribution is -1.97. The molecular formula is C12H10BrNO2. The molecule has 0 bridgehead atoms. The molecule has 0 aliphatic heterocycles. The third kappa shape index (κ3) is 2.52. The van der Waals surface area contributed by atoms with Gasteiger partial charge in [0.1, 0.15) is 0 Å². The SMILES string of the molecule is O=C(O)c1ccn(Cc2ccc(Br)cc2)c1. The summed E-state index contributed by atoms with van der Waals surface area (Å²) in [4.78, 5) is 10.7. The largest absolute Gasteiger partial charge is 0.478 e. The molecule has 0 saturated heterocycles. The number of hydrogen-bond donors (Lipinski definition) is 1. The van der Waals surface area contributed by atoms with Gasteiger partial charge < -0.3 is 9.67 Å². The van der Waals surface area contributed by atoms with Crippen molar-refractivity contribution < 1.29 is 9.90 Å². The topological polar surface area (TPSA) is 42.2 Å². The van der Waals surface area contributed by atoms with E-state index in [1.807, 2.05) is 28.8 Å². The molecule has 1 N–H and O–H groups in total. The van der Waals surface area contributed by atoms with Crippen LogP contribution in [0.1, 0.15) is 15.9 Å². The second kappa shape index (κ2) is 4.53. The number of carboxylic acid groups (broad SMARTS) is 1. The summed E-state index contributed by atoms with van der Waals surface area (Å²) in [5.41, 5.74) is 1.45. The molecule has 0 atom stereocenters. The number of halogens is 1. The normalized spacial score (nSPS) is 10.3. The summed E-state index contributed by atoms with van der Waals surface area (Å²) in [6.07, 6.45) is 3.40. The Labute approximate surface area is 101 Å². The fourth-order valence-electron chi connectivity index (χ4n) is 1.47. The van der Waals surface area contributed by atoms with E-state index in [0.29, 0.717) is 12.1 Å². The molecule has 16 heavy (non-hydrogen) atoms. The van der Waals surface area contributed by atoms with Crippen molar-refractivity contribution in [3.8, 4) is 0 Å². The van der Waals surface area contributed by atoms with Crippen LogP contribution in [0.4, 0.5) is 0 Å². The molecule has 1 aromatic heterocycles. The first-order valence-corrected chi connectivity index (χ1v) is 5.58. The van der Waals surface area contributed by atoms with Gasteiger partial charge in [0.25, 0.3) is 0 Å². The zero-order valence-electron chi connectivity index (χ0n) is 8.43. The van der Waals surface area contributed by atoms with E-state index in [1.54, 1.807) is 18.5 Å². The number of carboxylic acids is 1. The van der Waals surface area contributed by atoms with E-state index < -0.39 is 5.97 Å². The van der Waals surface area contributed by atoms with Crippen LogP contribution >= 0.6 is 15.9 Å². The van der Waals surface area contributed by atoms with Crippen molar-refractivity contribution in [2.24, 2.45) is 0 Å². The Kier molecular flexibility index (Phi) is 3.10. The van der Waals surface area contributed by atoms with Gasteiger partial charge in [-0.2, -0.15) is 0 Å². The van der Waals surface area contributed by atoms with Crippen molar-refractivity contribution in [3.05, 3.63) is 58.3 Å². The van der Waals surface area contributed by atoms with Crippen molar-refractivity contribution in [2.75, 3.05) is 0 Å². The molecule has 0 amide bonds. The van der Waals surface area contributed by atoms with Crippen LogP contribution in [-0.4, -0.2) is 15.6 Å². The first-order valence-electron chi connectivity index (χ1n) is 4.78. The summed E-state index contributed by atoms with van der Waals surface area (Å²) in [6.45, 7) is 0.681. The zero-order valence-corrected chi connectivity index (χ0v) is 10.0. The lowest BCUT2D eigenvalue weighted by Gasteiger charge is -2.02. The fraction of sp³-hybridized carbons (Fsp3) is 0.0833. The van der Waals surface area contributed by atoms with Gasteiger partial charge in [-0.05, 0) is 23.8 Å². The predicted octanol–water partition coefficient (Wildman–Crippen LogP) is 3.00. The van der Waals surface area contributed by atoms with Crippen molar-refractivity contribution in [1.29, 1.82) is 0 Å². The van der Waals surface area contributed by atoms with Gasteiger partial charge in [-0.25, -0.2) is 4.79 Å². The molecule has 1 aromatic carbocycles. The van der Waals surface area contributed by atoms with Crippen LogP contribution in [0.25, 0.3) is 0 Å². The maximum Gasteiger partial charge on any atom is 0.337 e. The molecule has 3 nitrogen and oxygen atoms in total. The second-order valence-corrected chi connectivity index (χ2v) is 4.42. The van der Waals surface area contributed by atoms with Gasteiger partial charge in [0.05, 0.1) is 5.56 Å². The minimum Gasteiger partial charge on any atom is -0.478 e. The van der Waals surface area contributed by atoms with E-state index in [2.05, 4.69) is 15.9 Å². The van der Waals surface area contributed by atoms with Gasteiger partial charge in [-0.1, -0.05) is 28.1 Å². The molecule has 0 fully saturated rings. The first-order chi connectivity index (χ1) is 7.65.